The highest BCUT2D eigenvalue weighted by Crippen LogP contribution is 2.31. The number of aromatic nitrogens is 6. The van der Waals surface area contributed by atoms with Crippen LogP contribution in [0.25, 0.3) is 17.2 Å². The summed E-state index contributed by atoms with van der Waals surface area (Å²) in [6.07, 6.45) is 8.26. The first-order valence-electron chi connectivity index (χ1n) is 11.3. The molecule has 1 saturated carbocycles. The first kappa shape index (κ1) is 22.8. The van der Waals surface area contributed by atoms with Crippen molar-refractivity contribution in [2.75, 3.05) is 24.5 Å². The number of carbonyl (C=O) groups is 1. The largest absolute Gasteiger partial charge is 0.417 e. The van der Waals surface area contributed by atoms with Crippen molar-refractivity contribution in [3.05, 3.63) is 60.3 Å². The molecule has 4 aromatic rings. The van der Waals surface area contributed by atoms with Crippen molar-refractivity contribution in [2.24, 2.45) is 0 Å². The van der Waals surface area contributed by atoms with Crippen LogP contribution in [0.5, 0.6) is 0 Å². The zero-order chi connectivity index (χ0) is 24.4. The summed E-state index contributed by atoms with van der Waals surface area (Å²) in [5.41, 5.74) is 0.804. The smallest absolute Gasteiger partial charge is 0.352 e. The zero-order valence-corrected chi connectivity index (χ0v) is 18.7. The van der Waals surface area contributed by atoms with Crippen molar-refractivity contribution in [2.45, 2.75) is 31.5 Å². The molecule has 1 aliphatic heterocycles. The Balaban J connectivity index is 0.000000786. The van der Waals surface area contributed by atoms with Gasteiger partial charge in [-0.1, -0.05) is 19.3 Å². The Morgan fingerprint density at radius 1 is 1.06 bits per heavy atom. The molecule has 0 radical (unpaired) electrons. The number of halogens is 3. The molecule has 0 bridgehead atoms. The van der Waals surface area contributed by atoms with Crippen LogP contribution in [0.3, 0.4) is 0 Å². The van der Waals surface area contributed by atoms with Crippen molar-refractivity contribution in [1.82, 2.24) is 34.4 Å². The van der Waals surface area contributed by atoms with E-state index in [0.29, 0.717) is 36.8 Å². The number of H-pyrrole nitrogens is 1. The van der Waals surface area contributed by atoms with Gasteiger partial charge >= 0.3 is 6.18 Å². The number of hydrogen-bond acceptors (Lipinski definition) is 6. The van der Waals surface area contributed by atoms with Gasteiger partial charge in [-0.3, -0.25) is 14.3 Å². The average molecular weight is 484 g/mol. The van der Waals surface area contributed by atoms with E-state index in [0.717, 1.165) is 24.2 Å². The standard InChI is InChI=1S/C20H17F3N8O.C3H6/c21-20(22,23)14-1-2-17-25-9-15(31(17)10-14)19-24-4-3-18(28-19)29-5-6-30(12-32)16(11-29)13-7-26-27-8-13;1-2-3-1/h1-4,7-10,12,16H,5-6,11H2,(H,26,27);1-3H2. The summed E-state index contributed by atoms with van der Waals surface area (Å²) < 4.78 is 40.8. The van der Waals surface area contributed by atoms with Crippen LogP contribution < -0.4 is 4.90 Å². The van der Waals surface area contributed by atoms with Gasteiger partial charge in [0.05, 0.1) is 24.0 Å². The number of hydrogen-bond donors (Lipinski definition) is 1. The predicted octanol–water partition coefficient (Wildman–Crippen LogP) is 3.72. The van der Waals surface area contributed by atoms with E-state index in [4.69, 9.17) is 0 Å². The van der Waals surface area contributed by atoms with Crippen LogP contribution >= 0.6 is 0 Å². The Labute approximate surface area is 198 Å². The number of rotatable bonds is 4. The van der Waals surface area contributed by atoms with Gasteiger partial charge in [-0.05, 0) is 18.2 Å². The predicted molar refractivity (Wildman–Crippen MR) is 121 cm³/mol. The van der Waals surface area contributed by atoms with E-state index in [1.54, 1.807) is 29.6 Å². The Bertz CT molecular complexity index is 1300. The summed E-state index contributed by atoms with van der Waals surface area (Å²) in [6.45, 7) is 1.53. The minimum absolute atomic E-state index is 0.205. The number of aromatic amines is 1. The molecule has 12 heteroatoms. The van der Waals surface area contributed by atoms with E-state index < -0.39 is 11.7 Å². The summed E-state index contributed by atoms with van der Waals surface area (Å²) in [6, 6.07) is 3.83. The third kappa shape index (κ3) is 4.96. The summed E-state index contributed by atoms with van der Waals surface area (Å²) >= 11 is 0. The number of amides is 1. The molecule has 1 N–H and O–H groups in total. The maximum atomic E-state index is 13.2. The van der Waals surface area contributed by atoms with Gasteiger partial charge in [0.25, 0.3) is 0 Å². The molecule has 6 rings (SSSR count). The number of nitrogens with one attached hydrogen (secondary N) is 1. The molecule has 1 aliphatic carbocycles. The molecule has 4 aromatic heterocycles. The van der Waals surface area contributed by atoms with Gasteiger partial charge in [0, 0.05) is 43.8 Å². The molecule has 5 heterocycles. The van der Waals surface area contributed by atoms with E-state index in [1.807, 2.05) is 4.90 Å². The van der Waals surface area contributed by atoms with E-state index in [2.05, 4.69) is 25.1 Å². The molecule has 1 saturated heterocycles. The van der Waals surface area contributed by atoms with Gasteiger partial charge in [-0.15, -0.1) is 0 Å². The molecular formula is C23H23F3N8O. The van der Waals surface area contributed by atoms with Gasteiger partial charge in [-0.2, -0.15) is 18.3 Å². The van der Waals surface area contributed by atoms with Crippen LogP contribution in [-0.4, -0.2) is 60.5 Å². The van der Waals surface area contributed by atoms with E-state index >= 15 is 0 Å². The fourth-order valence-electron chi connectivity index (χ4n) is 3.83. The second kappa shape index (κ2) is 9.35. The highest BCUT2D eigenvalue weighted by Gasteiger charge is 2.32. The lowest BCUT2D eigenvalue weighted by molar-refractivity contribution is -0.137. The molecule has 1 unspecified atom stereocenters. The second-order valence-corrected chi connectivity index (χ2v) is 8.42. The summed E-state index contributed by atoms with van der Waals surface area (Å²) in [5, 5.41) is 6.72. The molecular weight excluding hydrogens is 461 g/mol. The number of anilines is 1. The molecule has 182 valence electrons. The molecule has 2 aliphatic rings. The van der Waals surface area contributed by atoms with Crippen molar-refractivity contribution in [3.8, 4) is 11.5 Å². The topological polar surface area (TPSA) is 95.3 Å². The Kier molecular flexibility index (Phi) is 6.10. The molecule has 0 aromatic carbocycles. The van der Waals surface area contributed by atoms with Crippen LogP contribution in [0.15, 0.2) is 49.2 Å². The maximum Gasteiger partial charge on any atom is 0.417 e. The second-order valence-electron chi connectivity index (χ2n) is 8.42. The van der Waals surface area contributed by atoms with Gasteiger partial charge in [0.1, 0.15) is 17.2 Å². The van der Waals surface area contributed by atoms with Gasteiger partial charge in [-0.25, -0.2) is 15.0 Å². The van der Waals surface area contributed by atoms with Crippen LogP contribution in [0.4, 0.5) is 19.0 Å². The SMILES string of the molecule is C1CC1.O=CN1CCN(c2ccnc(-c3cnc4ccc(C(F)(F)F)cn34)n2)CC1c1cn[nH]c1. The number of piperazine rings is 1. The van der Waals surface area contributed by atoms with Crippen molar-refractivity contribution in [1.29, 1.82) is 0 Å². The number of fused-ring (bicyclic) bond motifs is 1. The first-order chi connectivity index (χ1) is 16.9. The number of alkyl halides is 3. The van der Waals surface area contributed by atoms with Crippen molar-refractivity contribution in [3.63, 3.8) is 0 Å². The number of pyridine rings is 1. The Morgan fingerprint density at radius 3 is 2.57 bits per heavy atom. The maximum absolute atomic E-state index is 13.2. The van der Waals surface area contributed by atoms with Gasteiger partial charge < -0.3 is 9.80 Å². The lowest BCUT2D eigenvalue weighted by atomic mass is 10.1. The fraction of sp³-hybridized carbons (Fsp3) is 0.348. The summed E-state index contributed by atoms with van der Waals surface area (Å²) in [5.74, 6) is 0.864. The van der Waals surface area contributed by atoms with Crippen LogP contribution in [0.2, 0.25) is 0 Å². The summed E-state index contributed by atoms with van der Waals surface area (Å²) in [7, 11) is 0. The third-order valence-electron chi connectivity index (χ3n) is 5.84. The van der Waals surface area contributed by atoms with E-state index in [1.165, 1.54) is 35.9 Å². The number of imidazole rings is 1. The molecule has 0 spiro atoms. The van der Waals surface area contributed by atoms with Crippen LogP contribution in [0, 0.1) is 0 Å². The average Bonchev–Trinajstić information content (AvgIpc) is 3.53. The number of nitrogens with zero attached hydrogens (tertiary/aromatic N) is 7. The first-order valence-corrected chi connectivity index (χ1v) is 11.3. The molecule has 9 nitrogen and oxygen atoms in total. The molecule has 35 heavy (non-hydrogen) atoms. The lowest BCUT2D eigenvalue weighted by Gasteiger charge is -2.39. The highest BCUT2D eigenvalue weighted by atomic mass is 19.4. The van der Waals surface area contributed by atoms with E-state index in [9.17, 15) is 18.0 Å². The fourth-order valence-corrected chi connectivity index (χ4v) is 3.83. The van der Waals surface area contributed by atoms with Gasteiger partial charge in [0.2, 0.25) is 6.41 Å². The highest BCUT2D eigenvalue weighted by molar-refractivity contribution is 5.59. The monoisotopic (exact) mass is 484 g/mol. The van der Waals surface area contributed by atoms with E-state index in [-0.39, 0.29) is 11.9 Å². The number of carbonyl (C=O) groups excluding carboxylic acids is 1. The minimum atomic E-state index is -4.47. The minimum Gasteiger partial charge on any atom is -0.352 e. The molecule has 2 fully saturated rings. The zero-order valence-electron chi connectivity index (χ0n) is 18.7. The van der Waals surface area contributed by atoms with Crippen LogP contribution in [0.1, 0.15) is 36.4 Å². The normalized spacial score (nSPS) is 17.7. The van der Waals surface area contributed by atoms with Crippen molar-refractivity contribution < 1.29 is 18.0 Å². The quantitative estimate of drug-likeness (QED) is 0.444. The molecule has 1 amide bonds. The lowest BCUT2D eigenvalue weighted by Crippen LogP contribution is -2.48. The Morgan fingerprint density at radius 2 is 1.89 bits per heavy atom. The Hall–Kier alpha value is -3.96. The van der Waals surface area contributed by atoms with Gasteiger partial charge in [0.15, 0.2) is 5.82 Å². The molecule has 1 atom stereocenters. The van der Waals surface area contributed by atoms with Crippen molar-refractivity contribution >= 4 is 17.9 Å². The summed E-state index contributed by atoms with van der Waals surface area (Å²) in [4.78, 5) is 28.2. The van der Waals surface area contributed by atoms with Crippen LogP contribution in [-0.2, 0) is 11.0 Å². The third-order valence-corrected chi connectivity index (χ3v) is 5.84.